The van der Waals surface area contributed by atoms with Crippen molar-refractivity contribution in [1.29, 1.82) is 0 Å². The van der Waals surface area contributed by atoms with E-state index >= 15 is 0 Å². The summed E-state index contributed by atoms with van der Waals surface area (Å²) in [6.45, 7) is 10.2. The smallest absolute Gasteiger partial charge is 0.277 e. The lowest BCUT2D eigenvalue weighted by Gasteiger charge is -2.13. The summed E-state index contributed by atoms with van der Waals surface area (Å²) in [5, 5.41) is 11.5. The van der Waals surface area contributed by atoms with Crippen molar-refractivity contribution in [2.24, 2.45) is 0 Å². The second-order valence-electron chi connectivity index (χ2n) is 6.46. The zero-order valence-corrected chi connectivity index (χ0v) is 17.2. The van der Waals surface area contributed by atoms with E-state index in [1.165, 1.54) is 11.8 Å². The van der Waals surface area contributed by atoms with Crippen LogP contribution in [-0.4, -0.2) is 31.3 Å². The fourth-order valence-corrected chi connectivity index (χ4v) is 4.35. The SMILES string of the molecule is Cc1nc(Cc2nnc(SCC(=O)c3cc(C)n(C(C)C)c3C)o2)cs1. The highest BCUT2D eigenvalue weighted by Gasteiger charge is 2.18. The summed E-state index contributed by atoms with van der Waals surface area (Å²) in [6, 6.07) is 2.29. The Labute approximate surface area is 161 Å². The van der Waals surface area contributed by atoms with Crippen LogP contribution in [0.3, 0.4) is 0 Å². The summed E-state index contributed by atoms with van der Waals surface area (Å²) in [4.78, 5) is 17.0. The van der Waals surface area contributed by atoms with Crippen LogP contribution in [0.15, 0.2) is 21.1 Å². The van der Waals surface area contributed by atoms with Gasteiger partial charge in [-0.3, -0.25) is 4.79 Å². The highest BCUT2D eigenvalue weighted by atomic mass is 32.2. The van der Waals surface area contributed by atoms with E-state index in [-0.39, 0.29) is 11.5 Å². The van der Waals surface area contributed by atoms with Crippen molar-refractivity contribution in [3.8, 4) is 0 Å². The second-order valence-corrected chi connectivity index (χ2v) is 8.45. The van der Waals surface area contributed by atoms with Crippen LogP contribution in [0.2, 0.25) is 0 Å². The quantitative estimate of drug-likeness (QED) is 0.440. The van der Waals surface area contributed by atoms with Gasteiger partial charge in [0.1, 0.15) is 0 Å². The van der Waals surface area contributed by atoms with Gasteiger partial charge in [0, 0.05) is 28.4 Å². The molecular weight excluding hydrogens is 368 g/mol. The largest absolute Gasteiger partial charge is 0.416 e. The van der Waals surface area contributed by atoms with Crippen LogP contribution in [0.5, 0.6) is 0 Å². The Morgan fingerprint density at radius 2 is 2.08 bits per heavy atom. The molecule has 0 atom stereocenters. The van der Waals surface area contributed by atoms with Gasteiger partial charge in [-0.25, -0.2) is 4.98 Å². The number of nitrogens with zero attached hydrogens (tertiary/aromatic N) is 4. The van der Waals surface area contributed by atoms with E-state index in [1.54, 1.807) is 11.3 Å². The van der Waals surface area contributed by atoms with Crippen molar-refractivity contribution in [1.82, 2.24) is 19.7 Å². The fraction of sp³-hybridized carbons (Fsp3) is 0.444. The summed E-state index contributed by atoms with van der Waals surface area (Å²) in [6.07, 6.45) is 0.515. The third-order valence-corrected chi connectivity index (χ3v) is 5.72. The monoisotopic (exact) mass is 390 g/mol. The van der Waals surface area contributed by atoms with Crippen molar-refractivity contribution in [2.75, 3.05) is 5.75 Å². The topological polar surface area (TPSA) is 73.8 Å². The number of rotatable bonds is 7. The molecule has 6 nitrogen and oxygen atoms in total. The first-order valence-electron chi connectivity index (χ1n) is 8.43. The van der Waals surface area contributed by atoms with Gasteiger partial charge in [-0.2, -0.15) is 0 Å². The zero-order chi connectivity index (χ0) is 18.8. The standard InChI is InChI=1S/C18H22N4O2S2/c1-10(2)22-11(3)6-15(12(22)4)16(23)9-26-18-21-20-17(24-18)7-14-8-25-13(5)19-14/h6,8,10H,7,9H2,1-5H3. The number of thiazole rings is 1. The van der Waals surface area contributed by atoms with E-state index in [9.17, 15) is 4.79 Å². The van der Waals surface area contributed by atoms with Crippen molar-refractivity contribution in [3.05, 3.63) is 45.0 Å². The molecule has 138 valence electrons. The summed E-state index contributed by atoms with van der Waals surface area (Å²) in [5.74, 6) is 0.868. The molecule has 3 rings (SSSR count). The maximum atomic E-state index is 12.6. The first-order chi connectivity index (χ1) is 12.3. The predicted molar refractivity (Wildman–Crippen MR) is 103 cm³/mol. The molecule has 0 saturated heterocycles. The summed E-state index contributed by atoms with van der Waals surface area (Å²) < 4.78 is 7.81. The minimum atomic E-state index is 0.0740. The molecule has 0 amide bonds. The van der Waals surface area contributed by atoms with Gasteiger partial charge in [-0.1, -0.05) is 11.8 Å². The maximum absolute atomic E-state index is 12.6. The first kappa shape index (κ1) is 18.8. The minimum Gasteiger partial charge on any atom is -0.416 e. The van der Waals surface area contributed by atoms with E-state index in [0.29, 0.717) is 23.6 Å². The van der Waals surface area contributed by atoms with Crippen molar-refractivity contribution < 1.29 is 9.21 Å². The summed E-state index contributed by atoms with van der Waals surface area (Å²) >= 11 is 2.87. The van der Waals surface area contributed by atoms with Gasteiger partial charge in [-0.05, 0) is 40.7 Å². The molecular formula is C18H22N4O2S2. The van der Waals surface area contributed by atoms with Crippen molar-refractivity contribution in [3.63, 3.8) is 0 Å². The fourth-order valence-electron chi connectivity index (χ4n) is 3.07. The second kappa shape index (κ2) is 7.75. The molecule has 8 heteroatoms. The van der Waals surface area contributed by atoms with Crippen molar-refractivity contribution >= 4 is 28.9 Å². The van der Waals surface area contributed by atoms with Gasteiger partial charge in [0.25, 0.3) is 5.22 Å². The van der Waals surface area contributed by atoms with Gasteiger partial charge in [0.2, 0.25) is 5.89 Å². The molecule has 3 aromatic heterocycles. The molecule has 0 aromatic carbocycles. The summed E-state index contributed by atoms with van der Waals surface area (Å²) in [7, 11) is 0. The molecule has 0 aliphatic heterocycles. The minimum absolute atomic E-state index is 0.0740. The van der Waals surface area contributed by atoms with E-state index in [0.717, 1.165) is 27.7 Å². The highest BCUT2D eigenvalue weighted by molar-refractivity contribution is 7.99. The number of ketones is 1. The number of hydrogen-bond acceptors (Lipinski definition) is 7. The molecule has 0 aliphatic rings. The van der Waals surface area contributed by atoms with Crippen LogP contribution in [0.1, 0.15) is 58.2 Å². The van der Waals surface area contributed by atoms with Gasteiger partial charge >= 0.3 is 0 Å². The Balaban J connectivity index is 1.62. The van der Waals surface area contributed by atoms with Crippen LogP contribution < -0.4 is 0 Å². The van der Waals surface area contributed by atoms with Crippen LogP contribution in [0.25, 0.3) is 0 Å². The Morgan fingerprint density at radius 1 is 1.31 bits per heavy atom. The number of thioether (sulfide) groups is 1. The first-order valence-corrected chi connectivity index (χ1v) is 10.3. The third-order valence-electron chi connectivity index (χ3n) is 4.08. The molecule has 0 spiro atoms. The van der Waals surface area contributed by atoms with E-state index in [4.69, 9.17) is 4.42 Å². The lowest BCUT2D eigenvalue weighted by molar-refractivity contribution is 0.102. The van der Waals surface area contributed by atoms with Gasteiger partial charge < -0.3 is 8.98 Å². The maximum Gasteiger partial charge on any atom is 0.277 e. The molecule has 0 radical (unpaired) electrons. The van der Waals surface area contributed by atoms with Gasteiger partial charge in [0.15, 0.2) is 5.78 Å². The molecule has 0 bridgehead atoms. The van der Waals surface area contributed by atoms with Crippen LogP contribution in [0, 0.1) is 20.8 Å². The molecule has 0 aliphatic carbocycles. The number of Topliss-reactive ketones (excluding diaryl/α,β-unsaturated/α-hetero) is 1. The Morgan fingerprint density at radius 3 is 2.69 bits per heavy atom. The summed E-state index contributed by atoms with van der Waals surface area (Å²) in [5.41, 5.74) is 3.80. The van der Waals surface area contributed by atoms with E-state index in [2.05, 4.69) is 33.6 Å². The molecule has 0 saturated carbocycles. The highest BCUT2D eigenvalue weighted by Crippen LogP contribution is 2.24. The van der Waals surface area contributed by atoms with Crippen LogP contribution >= 0.6 is 23.1 Å². The molecule has 0 fully saturated rings. The lowest BCUT2D eigenvalue weighted by Crippen LogP contribution is -2.08. The normalized spacial score (nSPS) is 11.5. The zero-order valence-electron chi connectivity index (χ0n) is 15.6. The van der Waals surface area contributed by atoms with Crippen molar-refractivity contribution in [2.45, 2.75) is 52.3 Å². The molecule has 0 unspecified atom stereocenters. The average Bonchev–Trinajstić information content (AvgIpc) is 3.25. The van der Waals surface area contributed by atoms with E-state index < -0.39 is 0 Å². The van der Waals surface area contributed by atoms with E-state index in [1.807, 2.05) is 32.2 Å². The molecule has 3 aromatic rings. The average molecular weight is 391 g/mol. The Kier molecular flexibility index (Phi) is 5.62. The van der Waals surface area contributed by atoms with Gasteiger partial charge in [0.05, 0.1) is 22.9 Å². The Hall–Kier alpha value is -1.93. The van der Waals surface area contributed by atoms with Crippen LogP contribution in [0.4, 0.5) is 0 Å². The Bertz CT molecular complexity index is 924. The molecule has 0 N–H and O–H groups in total. The van der Waals surface area contributed by atoms with Crippen LogP contribution in [-0.2, 0) is 6.42 Å². The number of hydrogen-bond donors (Lipinski definition) is 0. The predicted octanol–water partition coefficient (Wildman–Crippen LogP) is 4.40. The number of carbonyl (C=O) groups is 1. The molecule has 26 heavy (non-hydrogen) atoms. The number of aryl methyl sites for hydroxylation is 2. The van der Waals surface area contributed by atoms with Gasteiger partial charge in [-0.15, -0.1) is 21.5 Å². The lowest BCUT2D eigenvalue weighted by atomic mass is 10.2. The number of carbonyl (C=O) groups excluding carboxylic acids is 1. The number of aromatic nitrogens is 4. The third kappa shape index (κ3) is 4.07. The molecule has 3 heterocycles.